The molecule has 0 spiro atoms. The Kier molecular flexibility index (Phi) is 4.47. The van der Waals surface area contributed by atoms with Crippen molar-refractivity contribution in [2.24, 2.45) is 0 Å². The lowest BCUT2D eigenvalue weighted by Gasteiger charge is -2.15. The molecule has 0 unspecified atom stereocenters. The molecular weight excluding hydrogens is 276 g/mol. The van der Waals surface area contributed by atoms with Crippen LogP contribution in [0.2, 0.25) is 0 Å². The van der Waals surface area contributed by atoms with E-state index in [0.717, 1.165) is 11.3 Å². The highest BCUT2D eigenvalue weighted by Gasteiger charge is 2.15. The van der Waals surface area contributed by atoms with E-state index >= 15 is 0 Å². The first-order valence-corrected chi connectivity index (χ1v) is 7.03. The number of nitrogens with one attached hydrogen (secondary N) is 1. The van der Waals surface area contributed by atoms with Crippen LogP contribution in [0.3, 0.4) is 0 Å². The zero-order valence-electron chi connectivity index (χ0n) is 10.9. The van der Waals surface area contributed by atoms with Crippen molar-refractivity contribution in [1.29, 1.82) is 0 Å². The standard InChI is InChI=1S/C14H14N2O3S/c1-2-10(12-4-3-7-20-12)16-13(17)9-5-6-11(14(18)19)15-8-9/h3-8,10H,2H2,1H3,(H,16,17)(H,18,19)/t10-/m1/s1. The van der Waals surface area contributed by atoms with Crippen LogP contribution in [0.1, 0.15) is 45.1 Å². The summed E-state index contributed by atoms with van der Waals surface area (Å²) in [6.07, 6.45) is 2.06. The van der Waals surface area contributed by atoms with Crippen LogP contribution in [0.25, 0.3) is 0 Å². The van der Waals surface area contributed by atoms with Gasteiger partial charge in [-0.1, -0.05) is 13.0 Å². The SMILES string of the molecule is CC[C@@H](NC(=O)c1ccc(C(=O)O)nc1)c1cccs1. The summed E-state index contributed by atoms with van der Waals surface area (Å²) in [6.45, 7) is 2.00. The van der Waals surface area contributed by atoms with E-state index in [-0.39, 0.29) is 17.6 Å². The quantitative estimate of drug-likeness (QED) is 0.887. The summed E-state index contributed by atoms with van der Waals surface area (Å²) >= 11 is 1.59. The van der Waals surface area contributed by atoms with Gasteiger partial charge < -0.3 is 10.4 Å². The summed E-state index contributed by atoms with van der Waals surface area (Å²) in [5, 5.41) is 13.6. The molecule has 2 aromatic heterocycles. The fraction of sp³-hybridized carbons (Fsp3) is 0.214. The first-order chi connectivity index (χ1) is 9.61. The van der Waals surface area contributed by atoms with Gasteiger partial charge in [0.25, 0.3) is 5.91 Å². The summed E-state index contributed by atoms with van der Waals surface area (Å²) in [5.74, 6) is -1.36. The van der Waals surface area contributed by atoms with E-state index in [1.807, 2.05) is 24.4 Å². The van der Waals surface area contributed by atoms with E-state index in [4.69, 9.17) is 5.11 Å². The van der Waals surface area contributed by atoms with Gasteiger partial charge in [-0.2, -0.15) is 0 Å². The van der Waals surface area contributed by atoms with Crippen LogP contribution in [0.15, 0.2) is 35.8 Å². The normalized spacial score (nSPS) is 11.8. The molecule has 0 aromatic carbocycles. The number of amides is 1. The predicted molar refractivity (Wildman–Crippen MR) is 76.0 cm³/mol. The topological polar surface area (TPSA) is 79.3 Å². The maximum absolute atomic E-state index is 12.1. The molecule has 0 aliphatic heterocycles. The molecule has 1 atom stereocenters. The van der Waals surface area contributed by atoms with E-state index in [2.05, 4.69) is 10.3 Å². The largest absolute Gasteiger partial charge is 0.477 e. The summed E-state index contributed by atoms with van der Waals surface area (Å²) < 4.78 is 0. The number of aromatic carboxylic acids is 1. The van der Waals surface area contributed by atoms with Gasteiger partial charge in [0.15, 0.2) is 0 Å². The van der Waals surface area contributed by atoms with Gasteiger partial charge in [-0.25, -0.2) is 9.78 Å². The number of rotatable bonds is 5. The van der Waals surface area contributed by atoms with Gasteiger partial charge in [-0.05, 0) is 30.0 Å². The number of hydrogen-bond acceptors (Lipinski definition) is 4. The number of pyridine rings is 1. The Bertz CT molecular complexity index is 593. The minimum atomic E-state index is -1.11. The van der Waals surface area contributed by atoms with Crippen molar-refractivity contribution in [3.05, 3.63) is 52.0 Å². The van der Waals surface area contributed by atoms with Crippen molar-refractivity contribution in [2.75, 3.05) is 0 Å². The smallest absolute Gasteiger partial charge is 0.354 e. The second-order valence-corrected chi connectivity index (χ2v) is 5.17. The maximum atomic E-state index is 12.1. The van der Waals surface area contributed by atoms with Crippen LogP contribution in [-0.4, -0.2) is 22.0 Å². The van der Waals surface area contributed by atoms with Gasteiger partial charge in [0.1, 0.15) is 5.69 Å². The van der Waals surface area contributed by atoms with Crippen molar-refractivity contribution in [3.8, 4) is 0 Å². The summed E-state index contributed by atoms with van der Waals surface area (Å²) in [6, 6.07) is 6.67. The Morgan fingerprint density at radius 1 is 1.40 bits per heavy atom. The molecule has 0 radical (unpaired) electrons. The third kappa shape index (κ3) is 3.21. The van der Waals surface area contributed by atoms with Crippen LogP contribution >= 0.6 is 11.3 Å². The Balaban J connectivity index is 2.09. The molecule has 0 saturated carbocycles. The van der Waals surface area contributed by atoms with E-state index in [9.17, 15) is 9.59 Å². The molecule has 104 valence electrons. The highest BCUT2D eigenvalue weighted by Crippen LogP contribution is 2.22. The number of carbonyl (C=O) groups is 2. The van der Waals surface area contributed by atoms with Gasteiger partial charge in [0, 0.05) is 11.1 Å². The third-order valence-corrected chi connectivity index (χ3v) is 3.83. The average molecular weight is 290 g/mol. The van der Waals surface area contributed by atoms with Crippen LogP contribution in [0.4, 0.5) is 0 Å². The molecule has 2 heterocycles. The first-order valence-electron chi connectivity index (χ1n) is 6.15. The molecule has 0 aliphatic carbocycles. The highest BCUT2D eigenvalue weighted by molar-refractivity contribution is 7.10. The molecule has 0 saturated heterocycles. The van der Waals surface area contributed by atoms with Crippen molar-refractivity contribution < 1.29 is 14.7 Å². The van der Waals surface area contributed by atoms with Gasteiger partial charge in [-0.3, -0.25) is 4.79 Å². The van der Waals surface area contributed by atoms with Crippen molar-refractivity contribution in [2.45, 2.75) is 19.4 Å². The number of thiophene rings is 1. The number of carbonyl (C=O) groups excluding carboxylic acids is 1. The molecular formula is C14H14N2O3S. The second-order valence-electron chi connectivity index (χ2n) is 4.19. The molecule has 0 bridgehead atoms. The summed E-state index contributed by atoms with van der Waals surface area (Å²) in [7, 11) is 0. The molecule has 6 heteroatoms. The summed E-state index contributed by atoms with van der Waals surface area (Å²) in [4.78, 5) is 27.6. The van der Waals surface area contributed by atoms with Crippen molar-refractivity contribution in [1.82, 2.24) is 10.3 Å². The minimum Gasteiger partial charge on any atom is -0.477 e. The number of nitrogens with zero attached hydrogens (tertiary/aromatic N) is 1. The second kappa shape index (κ2) is 6.29. The molecule has 0 fully saturated rings. The lowest BCUT2D eigenvalue weighted by atomic mass is 10.1. The number of aromatic nitrogens is 1. The van der Waals surface area contributed by atoms with Gasteiger partial charge in [0.05, 0.1) is 11.6 Å². The van der Waals surface area contributed by atoms with Gasteiger partial charge in [0.2, 0.25) is 0 Å². The molecule has 2 N–H and O–H groups in total. The molecule has 0 aliphatic rings. The van der Waals surface area contributed by atoms with E-state index in [1.54, 1.807) is 11.3 Å². The number of carboxylic acid groups (broad SMARTS) is 1. The summed E-state index contributed by atoms with van der Waals surface area (Å²) in [5.41, 5.74) is 0.275. The van der Waals surface area contributed by atoms with Crippen LogP contribution in [0, 0.1) is 0 Å². The van der Waals surface area contributed by atoms with Crippen LogP contribution in [0.5, 0.6) is 0 Å². The lowest BCUT2D eigenvalue weighted by Crippen LogP contribution is -2.27. The zero-order chi connectivity index (χ0) is 14.5. The molecule has 2 rings (SSSR count). The monoisotopic (exact) mass is 290 g/mol. The molecule has 5 nitrogen and oxygen atoms in total. The Morgan fingerprint density at radius 3 is 2.70 bits per heavy atom. The zero-order valence-corrected chi connectivity index (χ0v) is 11.7. The Hall–Kier alpha value is -2.21. The van der Waals surface area contributed by atoms with E-state index < -0.39 is 5.97 Å². The van der Waals surface area contributed by atoms with Crippen LogP contribution in [-0.2, 0) is 0 Å². The lowest BCUT2D eigenvalue weighted by molar-refractivity contribution is 0.0689. The molecule has 2 aromatic rings. The molecule has 20 heavy (non-hydrogen) atoms. The van der Waals surface area contributed by atoms with E-state index in [1.165, 1.54) is 18.3 Å². The number of carboxylic acids is 1. The fourth-order valence-electron chi connectivity index (χ4n) is 1.76. The Labute approximate surface area is 120 Å². The third-order valence-electron chi connectivity index (χ3n) is 2.84. The minimum absolute atomic E-state index is 0.0401. The highest BCUT2D eigenvalue weighted by atomic mass is 32.1. The average Bonchev–Trinajstić information content (AvgIpc) is 2.98. The van der Waals surface area contributed by atoms with Gasteiger partial charge >= 0.3 is 5.97 Å². The van der Waals surface area contributed by atoms with Crippen molar-refractivity contribution in [3.63, 3.8) is 0 Å². The first kappa shape index (κ1) is 14.2. The Morgan fingerprint density at radius 2 is 2.20 bits per heavy atom. The van der Waals surface area contributed by atoms with Gasteiger partial charge in [-0.15, -0.1) is 11.3 Å². The number of hydrogen-bond donors (Lipinski definition) is 2. The fourth-order valence-corrected chi connectivity index (χ4v) is 2.62. The predicted octanol–water partition coefficient (Wildman–Crippen LogP) is 2.72. The molecule has 1 amide bonds. The van der Waals surface area contributed by atoms with Crippen molar-refractivity contribution >= 4 is 23.2 Å². The maximum Gasteiger partial charge on any atom is 0.354 e. The van der Waals surface area contributed by atoms with E-state index in [0.29, 0.717) is 5.56 Å². The van der Waals surface area contributed by atoms with Crippen LogP contribution < -0.4 is 5.32 Å².